The maximum atomic E-state index is 12.0. The number of hydrogen-bond donors (Lipinski definition) is 1. The number of benzene rings is 1. The van der Waals surface area contributed by atoms with Gasteiger partial charge in [0.05, 0.1) is 10.7 Å². The minimum absolute atomic E-state index is 0.142. The molecule has 0 bridgehead atoms. The van der Waals surface area contributed by atoms with Crippen LogP contribution in [0.5, 0.6) is 0 Å². The molecule has 0 spiro atoms. The smallest absolute Gasteiger partial charge is 0.359 e. The molecule has 1 N–H and O–H groups in total. The van der Waals surface area contributed by atoms with E-state index in [1.54, 1.807) is 28.9 Å². The van der Waals surface area contributed by atoms with Crippen molar-refractivity contribution in [1.82, 2.24) is 9.38 Å². The Balaban J connectivity index is 1.63. The highest BCUT2D eigenvalue weighted by Crippen LogP contribution is 2.27. The summed E-state index contributed by atoms with van der Waals surface area (Å²) in [6, 6.07) is 9.08. The first-order valence-electron chi connectivity index (χ1n) is 7.61. The lowest BCUT2D eigenvalue weighted by Gasteiger charge is -2.11. The summed E-state index contributed by atoms with van der Waals surface area (Å²) in [5.74, 6) is -1.13. The standard InChI is InChI=1S/C18H16ClN3O3/c1-11-7-12(2)17(13(19)8-11)21-16(23)10-25-18(24)14-9-22-6-4-3-5-15(22)20-14/h3-9H,10H2,1-2H3,(H,21,23). The number of rotatable bonds is 4. The molecule has 0 aliphatic carbocycles. The number of aryl methyl sites for hydroxylation is 2. The molecule has 3 rings (SSSR count). The SMILES string of the molecule is Cc1cc(C)c(NC(=O)COC(=O)c2cn3ccccc3n2)c(Cl)c1. The van der Waals surface area contributed by atoms with E-state index in [0.29, 0.717) is 16.4 Å². The average molecular weight is 358 g/mol. The van der Waals surface area contributed by atoms with Gasteiger partial charge in [-0.1, -0.05) is 23.7 Å². The van der Waals surface area contributed by atoms with Crippen LogP contribution in [0.15, 0.2) is 42.7 Å². The molecule has 3 aromatic rings. The fourth-order valence-electron chi connectivity index (χ4n) is 2.49. The second-order valence-corrected chi connectivity index (χ2v) is 6.06. The van der Waals surface area contributed by atoms with Crippen molar-refractivity contribution in [2.45, 2.75) is 13.8 Å². The third kappa shape index (κ3) is 3.80. The lowest BCUT2D eigenvalue weighted by atomic mass is 10.1. The Hall–Kier alpha value is -2.86. The number of imidazole rings is 1. The van der Waals surface area contributed by atoms with Crippen LogP contribution < -0.4 is 5.32 Å². The zero-order valence-electron chi connectivity index (χ0n) is 13.7. The van der Waals surface area contributed by atoms with Crippen molar-refractivity contribution in [3.8, 4) is 0 Å². The van der Waals surface area contributed by atoms with E-state index in [1.807, 2.05) is 32.0 Å². The highest BCUT2D eigenvalue weighted by atomic mass is 35.5. The Morgan fingerprint density at radius 1 is 1.28 bits per heavy atom. The summed E-state index contributed by atoms with van der Waals surface area (Å²) < 4.78 is 6.73. The number of esters is 1. The first kappa shape index (κ1) is 17.0. The van der Waals surface area contributed by atoms with E-state index in [9.17, 15) is 9.59 Å². The summed E-state index contributed by atoms with van der Waals surface area (Å²) in [6.07, 6.45) is 3.32. The normalized spacial score (nSPS) is 10.7. The second kappa shape index (κ2) is 6.94. The van der Waals surface area contributed by atoms with Gasteiger partial charge in [-0.3, -0.25) is 4.79 Å². The predicted molar refractivity (Wildman–Crippen MR) is 95.0 cm³/mol. The number of carbonyl (C=O) groups excluding carboxylic acids is 2. The number of pyridine rings is 1. The Labute approximate surface area is 149 Å². The summed E-state index contributed by atoms with van der Waals surface area (Å²) >= 11 is 6.15. The summed E-state index contributed by atoms with van der Waals surface area (Å²) in [4.78, 5) is 28.2. The van der Waals surface area contributed by atoms with Crippen molar-refractivity contribution in [3.63, 3.8) is 0 Å². The molecule has 1 aromatic carbocycles. The highest BCUT2D eigenvalue weighted by Gasteiger charge is 2.15. The van der Waals surface area contributed by atoms with Gasteiger partial charge in [0.25, 0.3) is 5.91 Å². The Morgan fingerprint density at radius 3 is 2.80 bits per heavy atom. The topological polar surface area (TPSA) is 72.7 Å². The van der Waals surface area contributed by atoms with Crippen LogP contribution in [-0.2, 0) is 9.53 Å². The van der Waals surface area contributed by atoms with Crippen LogP contribution in [-0.4, -0.2) is 27.9 Å². The van der Waals surface area contributed by atoms with Crippen molar-refractivity contribution in [2.75, 3.05) is 11.9 Å². The molecule has 6 nitrogen and oxygen atoms in total. The maximum absolute atomic E-state index is 12.0. The van der Waals surface area contributed by atoms with Gasteiger partial charge in [0.15, 0.2) is 12.3 Å². The van der Waals surface area contributed by atoms with E-state index in [2.05, 4.69) is 10.3 Å². The fourth-order valence-corrected chi connectivity index (χ4v) is 2.86. The predicted octanol–water partition coefficient (Wildman–Crippen LogP) is 3.40. The number of halogens is 1. The summed E-state index contributed by atoms with van der Waals surface area (Å²) in [5, 5.41) is 3.11. The minimum atomic E-state index is -0.662. The molecule has 1 amide bonds. The quantitative estimate of drug-likeness (QED) is 0.726. The zero-order valence-corrected chi connectivity index (χ0v) is 14.5. The van der Waals surface area contributed by atoms with Crippen LogP contribution in [0, 0.1) is 13.8 Å². The third-order valence-electron chi connectivity index (χ3n) is 3.60. The minimum Gasteiger partial charge on any atom is -0.451 e. The number of nitrogens with one attached hydrogen (secondary N) is 1. The number of fused-ring (bicyclic) bond motifs is 1. The molecule has 0 aliphatic heterocycles. The number of aromatic nitrogens is 2. The van der Waals surface area contributed by atoms with Gasteiger partial charge in [0.1, 0.15) is 5.65 Å². The molecule has 7 heteroatoms. The van der Waals surface area contributed by atoms with Crippen molar-refractivity contribution in [3.05, 3.63) is 64.6 Å². The number of amides is 1. The van der Waals surface area contributed by atoms with E-state index in [4.69, 9.17) is 16.3 Å². The first-order valence-corrected chi connectivity index (χ1v) is 7.99. The molecular weight excluding hydrogens is 342 g/mol. The summed E-state index contributed by atoms with van der Waals surface area (Å²) in [6.45, 7) is 3.34. The van der Waals surface area contributed by atoms with E-state index in [1.165, 1.54) is 0 Å². The molecule has 0 unspecified atom stereocenters. The Bertz CT molecular complexity index is 909. The lowest BCUT2D eigenvalue weighted by Crippen LogP contribution is -2.21. The molecule has 0 aliphatic rings. The van der Waals surface area contributed by atoms with Crippen LogP contribution in [0.3, 0.4) is 0 Å². The molecule has 0 atom stereocenters. The summed E-state index contributed by atoms with van der Waals surface area (Å²) in [5.41, 5.74) is 3.12. The van der Waals surface area contributed by atoms with Crippen molar-refractivity contribution < 1.29 is 14.3 Å². The highest BCUT2D eigenvalue weighted by molar-refractivity contribution is 6.34. The van der Waals surface area contributed by atoms with E-state index in [-0.39, 0.29) is 5.69 Å². The fraction of sp³-hybridized carbons (Fsp3) is 0.167. The third-order valence-corrected chi connectivity index (χ3v) is 3.90. The van der Waals surface area contributed by atoms with Crippen LogP contribution in [0.4, 0.5) is 5.69 Å². The van der Waals surface area contributed by atoms with Gasteiger partial charge in [0.2, 0.25) is 0 Å². The van der Waals surface area contributed by atoms with Gasteiger partial charge in [0, 0.05) is 12.4 Å². The lowest BCUT2D eigenvalue weighted by molar-refractivity contribution is -0.119. The molecule has 0 fully saturated rings. The summed E-state index contributed by atoms with van der Waals surface area (Å²) in [7, 11) is 0. The largest absolute Gasteiger partial charge is 0.451 e. The van der Waals surface area contributed by atoms with Gasteiger partial charge in [-0.25, -0.2) is 9.78 Å². The van der Waals surface area contributed by atoms with Gasteiger partial charge in [-0.05, 0) is 43.2 Å². The molecule has 2 aromatic heterocycles. The number of ether oxygens (including phenoxy) is 1. The van der Waals surface area contributed by atoms with Gasteiger partial charge in [-0.15, -0.1) is 0 Å². The van der Waals surface area contributed by atoms with Crippen LogP contribution in [0.2, 0.25) is 5.02 Å². The van der Waals surface area contributed by atoms with Crippen molar-refractivity contribution >= 4 is 34.8 Å². The van der Waals surface area contributed by atoms with E-state index in [0.717, 1.165) is 11.1 Å². The van der Waals surface area contributed by atoms with Crippen molar-refractivity contribution in [2.24, 2.45) is 0 Å². The molecule has 0 radical (unpaired) electrons. The van der Waals surface area contributed by atoms with Crippen LogP contribution in [0.1, 0.15) is 21.6 Å². The van der Waals surface area contributed by atoms with Crippen molar-refractivity contribution in [1.29, 1.82) is 0 Å². The average Bonchev–Trinajstić information content (AvgIpc) is 3.00. The Morgan fingerprint density at radius 2 is 2.08 bits per heavy atom. The number of hydrogen-bond acceptors (Lipinski definition) is 4. The van der Waals surface area contributed by atoms with Crippen LogP contribution in [0.25, 0.3) is 5.65 Å². The molecule has 2 heterocycles. The number of anilines is 1. The van der Waals surface area contributed by atoms with E-state index >= 15 is 0 Å². The first-order chi connectivity index (χ1) is 11.9. The monoisotopic (exact) mass is 357 g/mol. The molecule has 0 saturated heterocycles. The molecule has 25 heavy (non-hydrogen) atoms. The molecule has 0 saturated carbocycles. The molecule has 128 valence electrons. The molecular formula is C18H16ClN3O3. The van der Waals surface area contributed by atoms with Crippen LogP contribution >= 0.6 is 11.6 Å². The number of nitrogens with zero attached hydrogens (tertiary/aromatic N) is 2. The zero-order chi connectivity index (χ0) is 18.0. The van der Waals surface area contributed by atoms with Gasteiger partial charge < -0.3 is 14.5 Å². The van der Waals surface area contributed by atoms with Gasteiger partial charge >= 0.3 is 5.97 Å². The van der Waals surface area contributed by atoms with Gasteiger partial charge in [-0.2, -0.15) is 0 Å². The second-order valence-electron chi connectivity index (χ2n) is 5.66. The number of carbonyl (C=O) groups is 2. The maximum Gasteiger partial charge on any atom is 0.359 e. The van der Waals surface area contributed by atoms with E-state index < -0.39 is 18.5 Å². The Kier molecular flexibility index (Phi) is 4.72.